The Morgan fingerprint density at radius 3 is 2.86 bits per heavy atom. The van der Waals surface area contributed by atoms with E-state index >= 15 is 0 Å². The lowest BCUT2D eigenvalue weighted by molar-refractivity contribution is 0.140. The predicted molar refractivity (Wildman–Crippen MR) is 112 cm³/mol. The molecule has 0 radical (unpaired) electrons. The van der Waals surface area contributed by atoms with Crippen LogP contribution in [0.15, 0.2) is 45.1 Å². The van der Waals surface area contributed by atoms with Crippen molar-refractivity contribution in [3.8, 4) is 5.75 Å². The molecule has 1 aromatic carbocycles. The van der Waals surface area contributed by atoms with E-state index in [0.29, 0.717) is 28.9 Å². The fourth-order valence-electron chi connectivity index (χ4n) is 4.24. The second-order valence-corrected chi connectivity index (χ2v) is 8.45. The SMILES string of the molecule is Cc1cc2c(c(=O)o1)C=C1CC[C@H](C(C)CNCc3ccc(Cl)cc3)C[C@@H]1O2. The summed E-state index contributed by atoms with van der Waals surface area (Å²) in [6, 6.07) is 9.80. The summed E-state index contributed by atoms with van der Waals surface area (Å²) in [5.41, 5.74) is 2.73. The molecule has 0 saturated heterocycles. The van der Waals surface area contributed by atoms with Gasteiger partial charge in [-0.15, -0.1) is 0 Å². The molecule has 0 bridgehead atoms. The van der Waals surface area contributed by atoms with Crippen molar-refractivity contribution in [1.29, 1.82) is 0 Å². The van der Waals surface area contributed by atoms with E-state index in [-0.39, 0.29) is 11.7 Å². The molecule has 1 aromatic heterocycles. The second-order valence-electron chi connectivity index (χ2n) is 8.02. The summed E-state index contributed by atoms with van der Waals surface area (Å²) in [5.74, 6) is 2.41. The predicted octanol–water partition coefficient (Wildman–Crippen LogP) is 4.97. The van der Waals surface area contributed by atoms with E-state index in [1.165, 1.54) is 11.1 Å². The molecule has 148 valence electrons. The van der Waals surface area contributed by atoms with Gasteiger partial charge < -0.3 is 14.5 Å². The molecule has 1 aliphatic carbocycles. The number of hydrogen-bond acceptors (Lipinski definition) is 4. The highest BCUT2D eigenvalue weighted by Gasteiger charge is 2.33. The normalized spacial score (nSPS) is 21.9. The number of ether oxygens (including phenoxy) is 1. The van der Waals surface area contributed by atoms with E-state index in [1.54, 1.807) is 6.92 Å². The van der Waals surface area contributed by atoms with Crippen LogP contribution in [0.25, 0.3) is 6.08 Å². The highest BCUT2D eigenvalue weighted by atomic mass is 35.5. The molecular weight excluding hydrogens is 374 g/mol. The Labute approximate surface area is 170 Å². The maximum absolute atomic E-state index is 12.1. The monoisotopic (exact) mass is 399 g/mol. The van der Waals surface area contributed by atoms with Crippen LogP contribution in [0.5, 0.6) is 5.75 Å². The Balaban J connectivity index is 1.35. The summed E-state index contributed by atoms with van der Waals surface area (Å²) in [4.78, 5) is 12.1. The zero-order valence-electron chi connectivity index (χ0n) is 16.3. The molecular formula is C23H26ClNO3. The van der Waals surface area contributed by atoms with Crippen molar-refractivity contribution in [2.45, 2.75) is 45.8 Å². The summed E-state index contributed by atoms with van der Waals surface area (Å²) in [5, 5.41) is 4.34. The van der Waals surface area contributed by atoms with Crippen LogP contribution in [0.4, 0.5) is 0 Å². The average Bonchev–Trinajstić information content (AvgIpc) is 2.67. The third-order valence-corrected chi connectivity index (χ3v) is 6.17. The summed E-state index contributed by atoms with van der Waals surface area (Å²) < 4.78 is 11.4. The molecule has 0 amide bonds. The molecule has 3 atom stereocenters. The number of fused-ring (bicyclic) bond motifs is 2. The van der Waals surface area contributed by atoms with Crippen molar-refractivity contribution < 1.29 is 9.15 Å². The smallest absolute Gasteiger partial charge is 0.346 e. The minimum Gasteiger partial charge on any atom is -0.485 e. The second kappa shape index (κ2) is 8.14. The zero-order valence-corrected chi connectivity index (χ0v) is 17.1. The number of aryl methyl sites for hydroxylation is 1. The number of nitrogens with one attached hydrogen (secondary N) is 1. The van der Waals surface area contributed by atoms with Gasteiger partial charge in [0.25, 0.3) is 0 Å². The minimum atomic E-state index is -0.303. The summed E-state index contributed by atoms with van der Waals surface area (Å²) >= 11 is 5.94. The van der Waals surface area contributed by atoms with Gasteiger partial charge in [-0.2, -0.15) is 0 Å². The molecule has 1 unspecified atom stereocenters. The molecule has 1 aliphatic heterocycles. The summed E-state index contributed by atoms with van der Waals surface area (Å²) in [7, 11) is 0. The Morgan fingerprint density at radius 1 is 1.29 bits per heavy atom. The number of halogens is 1. The largest absolute Gasteiger partial charge is 0.485 e. The number of hydrogen-bond donors (Lipinski definition) is 1. The van der Waals surface area contributed by atoms with Crippen LogP contribution in [0.2, 0.25) is 5.02 Å². The van der Waals surface area contributed by atoms with Crippen molar-refractivity contribution >= 4 is 17.7 Å². The molecule has 0 spiro atoms. The van der Waals surface area contributed by atoms with Gasteiger partial charge in [0.05, 0.1) is 0 Å². The van der Waals surface area contributed by atoms with Crippen molar-refractivity contribution in [3.05, 3.63) is 68.2 Å². The van der Waals surface area contributed by atoms with E-state index in [1.807, 2.05) is 24.3 Å². The average molecular weight is 400 g/mol. The zero-order chi connectivity index (χ0) is 19.7. The first kappa shape index (κ1) is 19.3. The fourth-order valence-corrected chi connectivity index (χ4v) is 4.36. The standard InChI is InChI=1S/C23H26ClNO3/c1-14(12-25-13-16-3-7-19(24)8-4-16)17-5-6-18-10-20-22(28-21(18)11-17)9-15(2)27-23(20)26/h3-4,7-10,14,17,21,25H,5-6,11-13H2,1-2H3/t14?,17-,21-/m0/s1. The molecule has 1 N–H and O–H groups in total. The Bertz CT molecular complexity index is 932. The van der Waals surface area contributed by atoms with Crippen molar-refractivity contribution in [3.63, 3.8) is 0 Å². The first-order chi connectivity index (χ1) is 13.5. The van der Waals surface area contributed by atoms with Gasteiger partial charge in [-0.25, -0.2) is 4.79 Å². The van der Waals surface area contributed by atoms with Crippen molar-refractivity contribution in [2.75, 3.05) is 6.54 Å². The fraction of sp³-hybridized carbons (Fsp3) is 0.435. The van der Waals surface area contributed by atoms with Crippen LogP contribution < -0.4 is 15.7 Å². The van der Waals surface area contributed by atoms with Crippen LogP contribution in [-0.4, -0.2) is 12.6 Å². The quantitative estimate of drug-likeness (QED) is 0.771. The van der Waals surface area contributed by atoms with E-state index in [2.05, 4.69) is 24.4 Å². The third-order valence-electron chi connectivity index (χ3n) is 5.92. The van der Waals surface area contributed by atoms with Crippen LogP contribution in [-0.2, 0) is 6.54 Å². The van der Waals surface area contributed by atoms with Gasteiger partial charge in [0.1, 0.15) is 23.2 Å². The van der Waals surface area contributed by atoms with Crippen molar-refractivity contribution in [2.24, 2.45) is 11.8 Å². The summed E-state index contributed by atoms with van der Waals surface area (Å²) in [6.45, 7) is 5.91. The molecule has 5 heteroatoms. The Kier molecular flexibility index (Phi) is 5.61. The molecule has 4 nitrogen and oxygen atoms in total. The molecule has 2 heterocycles. The summed E-state index contributed by atoms with van der Waals surface area (Å²) in [6.07, 6.45) is 5.17. The van der Waals surface area contributed by atoms with E-state index in [9.17, 15) is 4.79 Å². The van der Waals surface area contributed by atoms with E-state index < -0.39 is 0 Å². The molecule has 2 aliphatic rings. The van der Waals surface area contributed by atoms with Gasteiger partial charge in [0.2, 0.25) is 0 Å². The third kappa shape index (κ3) is 4.18. The van der Waals surface area contributed by atoms with Gasteiger partial charge >= 0.3 is 5.63 Å². The number of rotatable bonds is 5. The number of benzene rings is 1. The topological polar surface area (TPSA) is 51.5 Å². The van der Waals surface area contributed by atoms with Gasteiger partial charge in [-0.3, -0.25) is 0 Å². The van der Waals surface area contributed by atoms with Crippen LogP contribution in [0.1, 0.15) is 43.1 Å². The Morgan fingerprint density at radius 2 is 2.07 bits per heavy atom. The molecule has 2 aromatic rings. The van der Waals surface area contributed by atoms with Gasteiger partial charge in [-0.1, -0.05) is 30.7 Å². The first-order valence-electron chi connectivity index (χ1n) is 9.96. The maximum Gasteiger partial charge on any atom is 0.346 e. The Hall–Kier alpha value is -2.04. The van der Waals surface area contributed by atoms with E-state index in [4.69, 9.17) is 20.8 Å². The lowest BCUT2D eigenvalue weighted by atomic mass is 9.76. The van der Waals surface area contributed by atoms with Crippen molar-refractivity contribution in [1.82, 2.24) is 5.32 Å². The van der Waals surface area contributed by atoms with Gasteiger partial charge in [-0.05, 0) is 73.9 Å². The minimum absolute atomic E-state index is 0.0752. The highest BCUT2D eigenvalue weighted by molar-refractivity contribution is 6.30. The molecule has 1 fully saturated rings. The lowest BCUT2D eigenvalue weighted by Gasteiger charge is -2.37. The van der Waals surface area contributed by atoms with Gasteiger partial charge in [0, 0.05) is 17.6 Å². The first-order valence-corrected chi connectivity index (χ1v) is 10.3. The van der Waals surface area contributed by atoms with Gasteiger partial charge in [0.15, 0.2) is 0 Å². The van der Waals surface area contributed by atoms with Crippen LogP contribution in [0, 0.1) is 18.8 Å². The lowest BCUT2D eigenvalue weighted by Crippen LogP contribution is -2.36. The van der Waals surface area contributed by atoms with E-state index in [0.717, 1.165) is 37.4 Å². The molecule has 4 rings (SSSR count). The van der Waals surface area contributed by atoms with Crippen LogP contribution >= 0.6 is 11.6 Å². The van der Waals surface area contributed by atoms with Crippen LogP contribution in [0.3, 0.4) is 0 Å². The molecule has 28 heavy (non-hydrogen) atoms. The highest BCUT2D eigenvalue weighted by Crippen LogP contribution is 2.40. The maximum atomic E-state index is 12.1. The molecule has 1 saturated carbocycles.